The van der Waals surface area contributed by atoms with E-state index in [1.807, 2.05) is 30.3 Å². The zero-order chi connectivity index (χ0) is 14.1. The van der Waals surface area contributed by atoms with Gasteiger partial charge in [-0.1, -0.05) is 24.3 Å². The maximum absolute atomic E-state index is 10.6. The molecule has 3 rings (SSSR count). The molecule has 0 saturated heterocycles. The van der Waals surface area contributed by atoms with Gasteiger partial charge in [-0.2, -0.15) is 0 Å². The molecule has 2 atom stereocenters. The Hall–Kier alpha value is -2.00. The van der Waals surface area contributed by atoms with Crippen LogP contribution in [0.2, 0.25) is 0 Å². The lowest BCUT2D eigenvalue weighted by atomic mass is 9.73. The molecule has 0 fully saturated rings. The number of hydrogen-bond donors (Lipinski definition) is 1. The maximum Gasteiger partial charge on any atom is 0.122 e. The third-order valence-electron chi connectivity index (χ3n) is 3.99. The lowest BCUT2D eigenvalue weighted by Gasteiger charge is -2.34. The summed E-state index contributed by atoms with van der Waals surface area (Å²) in [5.74, 6) is 1.56. The molecule has 0 bridgehead atoms. The summed E-state index contributed by atoms with van der Waals surface area (Å²) in [6.45, 7) is 0. The molecule has 0 aliphatic heterocycles. The third kappa shape index (κ3) is 2.14. The van der Waals surface area contributed by atoms with Crippen LogP contribution >= 0.6 is 0 Å². The number of methoxy groups -OCH3 is 2. The molecule has 0 spiro atoms. The van der Waals surface area contributed by atoms with Crippen molar-refractivity contribution in [2.75, 3.05) is 14.2 Å². The van der Waals surface area contributed by atoms with Crippen LogP contribution in [-0.2, 0) is 6.42 Å². The van der Waals surface area contributed by atoms with Gasteiger partial charge in [-0.3, -0.25) is 0 Å². The van der Waals surface area contributed by atoms with Crippen LogP contribution in [0.1, 0.15) is 28.7 Å². The van der Waals surface area contributed by atoms with Crippen LogP contribution in [0, 0.1) is 0 Å². The second-order valence-corrected chi connectivity index (χ2v) is 5.10. The van der Waals surface area contributed by atoms with Gasteiger partial charge in [0.2, 0.25) is 0 Å². The first kappa shape index (κ1) is 13.0. The molecule has 2 aromatic carbocycles. The molecular formula is C17H18O3. The first-order chi connectivity index (χ1) is 9.72. The van der Waals surface area contributed by atoms with E-state index in [1.54, 1.807) is 14.2 Å². The van der Waals surface area contributed by atoms with Gasteiger partial charge in [0.25, 0.3) is 0 Å². The van der Waals surface area contributed by atoms with Crippen molar-refractivity contribution in [3.63, 3.8) is 0 Å². The van der Waals surface area contributed by atoms with Crippen molar-refractivity contribution < 1.29 is 14.6 Å². The van der Waals surface area contributed by atoms with Gasteiger partial charge < -0.3 is 14.6 Å². The van der Waals surface area contributed by atoms with Crippen LogP contribution in [0.3, 0.4) is 0 Å². The summed E-state index contributed by atoms with van der Waals surface area (Å²) >= 11 is 0. The zero-order valence-electron chi connectivity index (χ0n) is 11.7. The van der Waals surface area contributed by atoms with Crippen molar-refractivity contribution in [2.45, 2.75) is 18.4 Å². The highest BCUT2D eigenvalue weighted by atomic mass is 16.5. The molecule has 0 radical (unpaired) electrons. The van der Waals surface area contributed by atoms with Crippen LogP contribution in [0.25, 0.3) is 0 Å². The van der Waals surface area contributed by atoms with Crippen molar-refractivity contribution in [3.8, 4) is 11.5 Å². The second-order valence-electron chi connectivity index (χ2n) is 5.10. The highest BCUT2D eigenvalue weighted by Gasteiger charge is 2.32. The summed E-state index contributed by atoms with van der Waals surface area (Å²) in [6.07, 6.45) is 0.380. The third-order valence-corrected chi connectivity index (χ3v) is 3.99. The number of hydrogen-bond acceptors (Lipinski definition) is 3. The van der Waals surface area contributed by atoms with E-state index in [9.17, 15) is 5.11 Å². The van der Waals surface area contributed by atoms with Gasteiger partial charge in [0, 0.05) is 12.0 Å². The summed E-state index contributed by atoms with van der Waals surface area (Å²) in [7, 11) is 3.23. The number of ether oxygens (including phenoxy) is 2. The molecule has 104 valence electrons. The van der Waals surface area contributed by atoms with Crippen LogP contribution in [-0.4, -0.2) is 19.3 Å². The molecule has 3 heteroatoms. The summed E-state index contributed by atoms with van der Waals surface area (Å²) in [6, 6.07) is 13.8. The standard InChI is InChI=1S/C17H18O3/c1-19-13-7-12(8-14(10-13)20-2)17(18)16-9-11-5-3-4-6-15(11)16/h3-8,10,16-18H,9H2,1-2H3. The van der Waals surface area contributed by atoms with E-state index in [0.717, 1.165) is 12.0 Å². The highest BCUT2D eigenvalue weighted by Crippen LogP contribution is 2.44. The second kappa shape index (κ2) is 5.17. The minimum atomic E-state index is -0.533. The van der Waals surface area contributed by atoms with Gasteiger partial charge in [-0.25, -0.2) is 0 Å². The molecule has 1 aliphatic rings. The van der Waals surface area contributed by atoms with Gasteiger partial charge in [0.15, 0.2) is 0 Å². The Morgan fingerprint density at radius 3 is 2.30 bits per heavy atom. The molecule has 2 aromatic rings. The quantitative estimate of drug-likeness (QED) is 0.928. The monoisotopic (exact) mass is 270 g/mol. The lowest BCUT2D eigenvalue weighted by molar-refractivity contribution is 0.134. The lowest BCUT2D eigenvalue weighted by Crippen LogP contribution is -2.23. The first-order valence-electron chi connectivity index (χ1n) is 6.71. The fourth-order valence-electron chi connectivity index (χ4n) is 2.81. The van der Waals surface area contributed by atoms with E-state index in [2.05, 4.69) is 12.1 Å². The van der Waals surface area contributed by atoms with Crippen LogP contribution in [0.4, 0.5) is 0 Å². The van der Waals surface area contributed by atoms with E-state index < -0.39 is 6.10 Å². The smallest absolute Gasteiger partial charge is 0.122 e. The summed E-state index contributed by atoms with van der Waals surface area (Å²) < 4.78 is 10.5. The number of rotatable bonds is 4. The molecule has 0 amide bonds. The van der Waals surface area contributed by atoms with E-state index >= 15 is 0 Å². The van der Waals surface area contributed by atoms with Crippen molar-refractivity contribution in [2.24, 2.45) is 0 Å². The van der Waals surface area contributed by atoms with E-state index in [1.165, 1.54) is 11.1 Å². The highest BCUT2D eigenvalue weighted by molar-refractivity contribution is 5.45. The van der Waals surface area contributed by atoms with E-state index in [0.29, 0.717) is 11.5 Å². The molecule has 3 nitrogen and oxygen atoms in total. The minimum absolute atomic E-state index is 0.156. The Morgan fingerprint density at radius 2 is 1.70 bits per heavy atom. The average molecular weight is 270 g/mol. The zero-order valence-corrected chi connectivity index (χ0v) is 11.7. The summed E-state index contributed by atoms with van der Waals surface area (Å²) in [5, 5.41) is 10.6. The number of fused-ring (bicyclic) bond motifs is 1. The van der Waals surface area contributed by atoms with E-state index in [-0.39, 0.29) is 5.92 Å². The molecule has 0 saturated carbocycles. The van der Waals surface area contributed by atoms with Crippen molar-refractivity contribution in [3.05, 3.63) is 59.2 Å². The Labute approximate surface area is 118 Å². The normalized spacial score (nSPS) is 17.9. The predicted octanol–water partition coefficient (Wildman–Crippen LogP) is 3.08. The first-order valence-corrected chi connectivity index (χ1v) is 6.71. The molecule has 2 unspecified atom stereocenters. The molecule has 0 aromatic heterocycles. The largest absolute Gasteiger partial charge is 0.497 e. The maximum atomic E-state index is 10.6. The molecule has 20 heavy (non-hydrogen) atoms. The Kier molecular flexibility index (Phi) is 3.36. The van der Waals surface area contributed by atoms with Gasteiger partial charge >= 0.3 is 0 Å². The van der Waals surface area contributed by atoms with E-state index in [4.69, 9.17) is 9.47 Å². The fourth-order valence-corrected chi connectivity index (χ4v) is 2.81. The predicted molar refractivity (Wildman–Crippen MR) is 77.4 cm³/mol. The molecular weight excluding hydrogens is 252 g/mol. The van der Waals surface area contributed by atoms with Crippen molar-refractivity contribution in [1.82, 2.24) is 0 Å². The van der Waals surface area contributed by atoms with Gasteiger partial charge in [0.05, 0.1) is 20.3 Å². The minimum Gasteiger partial charge on any atom is -0.497 e. The van der Waals surface area contributed by atoms with Crippen LogP contribution < -0.4 is 9.47 Å². The Bertz CT molecular complexity index is 599. The summed E-state index contributed by atoms with van der Waals surface area (Å²) in [4.78, 5) is 0. The SMILES string of the molecule is COc1cc(OC)cc(C(O)C2Cc3ccccc32)c1. The van der Waals surface area contributed by atoms with Gasteiger partial charge in [0.1, 0.15) is 11.5 Å². The number of aliphatic hydroxyl groups excluding tert-OH is 1. The van der Waals surface area contributed by atoms with Crippen molar-refractivity contribution >= 4 is 0 Å². The van der Waals surface area contributed by atoms with Crippen LogP contribution in [0.5, 0.6) is 11.5 Å². The van der Waals surface area contributed by atoms with Crippen LogP contribution in [0.15, 0.2) is 42.5 Å². The summed E-state index contributed by atoms with van der Waals surface area (Å²) in [5.41, 5.74) is 3.40. The molecule has 0 heterocycles. The van der Waals surface area contributed by atoms with Gasteiger partial charge in [-0.05, 0) is 35.2 Å². The number of aliphatic hydroxyl groups is 1. The Balaban J connectivity index is 1.90. The average Bonchev–Trinajstić information content (AvgIpc) is 2.47. The number of benzene rings is 2. The molecule has 1 N–H and O–H groups in total. The Morgan fingerprint density at radius 1 is 1.05 bits per heavy atom. The topological polar surface area (TPSA) is 38.7 Å². The fraction of sp³-hybridized carbons (Fsp3) is 0.294. The van der Waals surface area contributed by atoms with Crippen molar-refractivity contribution in [1.29, 1.82) is 0 Å². The van der Waals surface area contributed by atoms with Gasteiger partial charge in [-0.15, -0.1) is 0 Å². The molecule has 1 aliphatic carbocycles.